The maximum Gasteiger partial charge on any atom is 0.291 e. The smallest absolute Gasteiger partial charge is 0.291 e. The molecule has 0 aromatic rings. The van der Waals surface area contributed by atoms with E-state index >= 15 is 0 Å². The third kappa shape index (κ3) is 4.83. The standard InChI is InChI=1S/C4H10O8S2/c5-3(13(7,8)9)1-2-4(6)14(10,11)12/h3-6H,1-2H2,(H,7,8,9)(H,10,11,12)/t3-,4-/m1/s1. The summed E-state index contributed by atoms with van der Waals surface area (Å²) in [4.78, 5) is 0. The molecule has 0 bridgehead atoms. The van der Waals surface area contributed by atoms with Crippen LogP contribution in [0.15, 0.2) is 0 Å². The Hall–Kier alpha value is -0.260. The van der Waals surface area contributed by atoms with Crippen molar-refractivity contribution >= 4 is 20.2 Å². The molecule has 86 valence electrons. The number of rotatable bonds is 5. The van der Waals surface area contributed by atoms with Gasteiger partial charge in [0.05, 0.1) is 0 Å². The third-order valence-electron chi connectivity index (χ3n) is 1.35. The first kappa shape index (κ1) is 13.7. The van der Waals surface area contributed by atoms with Crippen molar-refractivity contribution in [3.8, 4) is 0 Å². The Balaban J connectivity index is 4.23. The van der Waals surface area contributed by atoms with Crippen molar-refractivity contribution in [3.05, 3.63) is 0 Å². The van der Waals surface area contributed by atoms with E-state index in [9.17, 15) is 16.8 Å². The van der Waals surface area contributed by atoms with Crippen LogP contribution < -0.4 is 0 Å². The predicted octanol–water partition coefficient (Wildman–Crippen LogP) is -1.82. The fourth-order valence-electron chi connectivity index (χ4n) is 0.583. The molecule has 0 saturated carbocycles. The van der Waals surface area contributed by atoms with Crippen LogP contribution in [-0.2, 0) is 20.2 Å². The van der Waals surface area contributed by atoms with Crippen LogP contribution in [0.1, 0.15) is 12.8 Å². The molecule has 0 heterocycles. The lowest BCUT2D eigenvalue weighted by Crippen LogP contribution is -2.25. The van der Waals surface area contributed by atoms with Crippen LogP contribution in [0.3, 0.4) is 0 Å². The van der Waals surface area contributed by atoms with Gasteiger partial charge in [-0.1, -0.05) is 0 Å². The van der Waals surface area contributed by atoms with E-state index in [-0.39, 0.29) is 0 Å². The van der Waals surface area contributed by atoms with Crippen LogP contribution in [0, 0.1) is 0 Å². The van der Waals surface area contributed by atoms with Crippen LogP contribution in [0.4, 0.5) is 0 Å². The van der Waals surface area contributed by atoms with Crippen LogP contribution in [0.2, 0.25) is 0 Å². The quantitative estimate of drug-likeness (QED) is 0.416. The second kappa shape index (κ2) is 4.51. The van der Waals surface area contributed by atoms with Gasteiger partial charge in [-0.3, -0.25) is 9.11 Å². The molecule has 0 aliphatic carbocycles. The van der Waals surface area contributed by atoms with Crippen molar-refractivity contribution in [1.82, 2.24) is 0 Å². The van der Waals surface area contributed by atoms with Crippen molar-refractivity contribution < 1.29 is 36.2 Å². The molecule has 0 fully saturated rings. The molecular weight excluding hydrogens is 240 g/mol. The van der Waals surface area contributed by atoms with Gasteiger partial charge in [-0.05, 0) is 12.8 Å². The van der Waals surface area contributed by atoms with Gasteiger partial charge in [0.25, 0.3) is 20.2 Å². The van der Waals surface area contributed by atoms with E-state index in [1.54, 1.807) is 0 Å². The molecule has 10 heteroatoms. The highest BCUT2D eigenvalue weighted by atomic mass is 32.2. The van der Waals surface area contributed by atoms with Gasteiger partial charge in [0.2, 0.25) is 0 Å². The Morgan fingerprint density at radius 1 is 0.786 bits per heavy atom. The molecule has 0 saturated heterocycles. The first-order valence-electron chi connectivity index (χ1n) is 3.34. The topological polar surface area (TPSA) is 149 Å². The Labute approximate surface area is 80.7 Å². The first-order chi connectivity index (χ1) is 6.05. The maximum atomic E-state index is 10.2. The molecule has 0 unspecified atom stereocenters. The molecule has 14 heavy (non-hydrogen) atoms. The van der Waals surface area contributed by atoms with Crippen molar-refractivity contribution in [2.24, 2.45) is 0 Å². The monoisotopic (exact) mass is 250 g/mol. The van der Waals surface area contributed by atoms with Crippen LogP contribution in [0.25, 0.3) is 0 Å². The molecule has 0 aromatic heterocycles. The number of hydrogen-bond donors (Lipinski definition) is 4. The summed E-state index contributed by atoms with van der Waals surface area (Å²) in [7, 11) is -9.35. The molecule has 0 aliphatic heterocycles. The second-order valence-electron chi connectivity index (χ2n) is 2.52. The molecule has 4 N–H and O–H groups in total. The largest absolute Gasteiger partial charge is 0.375 e. The van der Waals surface area contributed by atoms with Crippen LogP contribution >= 0.6 is 0 Å². The molecular formula is C4H10O8S2. The second-order valence-corrected chi connectivity index (χ2v) is 5.66. The Morgan fingerprint density at radius 3 is 1.14 bits per heavy atom. The lowest BCUT2D eigenvalue weighted by atomic mass is 10.3. The molecule has 0 spiro atoms. The predicted molar refractivity (Wildman–Crippen MR) is 44.3 cm³/mol. The molecule has 2 atom stereocenters. The van der Waals surface area contributed by atoms with Gasteiger partial charge in [0, 0.05) is 0 Å². The SMILES string of the molecule is O=S(=O)(O)[C@@H](O)CC[C@H](O)S(=O)(=O)O. The third-order valence-corrected chi connectivity index (χ3v) is 3.19. The van der Waals surface area contributed by atoms with E-state index in [1.165, 1.54) is 0 Å². The molecule has 0 amide bonds. The molecule has 0 aromatic carbocycles. The average molecular weight is 250 g/mol. The van der Waals surface area contributed by atoms with Crippen molar-refractivity contribution in [1.29, 1.82) is 0 Å². The zero-order valence-electron chi connectivity index (χ0n) is 6.81. The number of hydrogen-bond acceptors (Lipinski definition) is 6. The summed E-state index contributed by atoms with van der Waals surface area (Å²) in [6, 6.07) is 0. The summed E-state index contributed by atoms with van der Waals surface area (Å²) in [6.07, 6.45) is -1.42. The van der Waals surface area contributed by atoms with Gasteiger partial charge in [0.15, 0.2) is 10.9 Å². The lowest BCUT2D eigenvalue weighted by molar-refractivity contribution is 0.178. The maximum absolute atomic E-state index is 10.2. The van der Waals surface area contributed by atoms with E-state index in [2.05, 4.69) is 0 Å². The highest BCUT2D eigenvalue weighted by molar-refractivity contribution is 7.86. The van der Waals surface area contributed by atoms with E-state index in [1.807, 2.05) is 0 Å². The summed E-state index contributed by atoms with van der Waals surface area (Å²) in [5.74, 6) is 0. The summed E-state index contributed by atoms with van der Waals surface area (Å²) < 4.78 is 57.3. The fraction of sp³-hybridized carbons (Fsp3) is 1.00. The highest BCUT2D eigenvalue weighted by Crippen LogP contribution is 2.09. The fourth-order valence-corrected chi connectivity index (χ4v) is 1.45. The van der Waals surface area contributed by atoms with Crippen molar-refractivity contribution in [2.45, 2.75) is 23.7 Å². The highest BCUT2D eigenvalue weighted by Gasteiger charge is 2.25. The minimum atomic E-state index is -4.68. The summed E-state index contributed by atoms with van der Waals surface area (Å²) in [5, 5.41) is 17.3. The van der Waals surface area contributed by atoms with E-state index in [0.29, 0.717) is 0 Å². The molecule has 0 aliphatic rings. The Kier molecular flexibility index (Phi) is 4.42. The van der Waals surface area contributed by atoms with Gasteiger partial charge >= 0.3 is 0 Å². The lowest BCUT2D eigenvalue weighted by Gasteiger charge is -2.09. The van der Waals surface area contributed by atoms with Gasteiger partial charge < -0.3 is 10.2 Å². The number of aliphatic hydroxyl groups excluding tert-OH is 2. The normalized spacial score (nSPS) is 17.7. The summed E-state index contributed by atoms with van der Waals surface area (Å²) >= 11 is 0. The van der Waals surface area contributed by atoms with Crippen LogP contribution in [0.5, 0.6) is 0 Å². The zero-order chi connectivity index (χ0) is 11.6. The minimum Gasteiger partial charge on any atom is -0.375 e. The van der Waals surface area contributed by atoms with Crippen LogP contribution in [-0.4, -0.2) is 47.0 Å². The summed E-state index contributed by atoms with van der Waals surface area (Å²) in [5.41, 5.74) is -4.36. The Morgan fingerprint density at radius 2 is 1.00 bits per heavy atom. The van der Waals surface area contributed by atoms with Gasteiger partial charge in [-0.15, -0.1) is 0 Å². The minimum absolute atomic E-state index is 0.709. The van der Waals surface area contributed by atoms with E-state index in [0.717, 1.165) is 0 Å². The van der Waals surface area contributed by atoms with E-state index in [4.69, 9.17) is 19.3 Å². The van der Waals surface area contributed by atoms with E-state index < -0.39 is 43.9 Å². The molecule has 0 rings (SSSR count). The molecule has 0 radical (unpaired) electrons. The average Bonchev–Trinajstić information content (AvgIpc) is 1.95. The van der Waals surface area contributed by atoms with Crippen molar-refractivity contribution in [2.75, 3.05) is 0 Å². The van der Waals surface area contributed by atoms with Crippen molar-refractivity contribution in [3.63, 3.8) is 0 Å². The van der Waals surface area contributed by atoms with Gasteiger partial charge in [-0.2, -0.15) is 16.8 Å². The first-order valence-corrected chi connectivity index (χ1v) is 6.34. The number of aliphatic hydroxyl groups is 2. The summed E-state index contributed by atoms with van der Waals surface area (Å²) in [6.45, 7) is 0. The van der Waals surface area contributed by atoms with Gasteiger partial charge in [0.1, 0.15) is 0 Å². The Bertz CT molecular complexity index is 328. The zero-order valence-corrected chi connectivity index (χ0v) is 8.44. The van der Waals surface area contributed by atoms with Gasteiger partial charge in [-0.25, -0.2) is 0 Å². The molecule has 8 nitrogen and oxygen atoms in total.